The van der Waals surface area contributed by atoms with E-state index in [0.717, 1.165) is 22.6 Å². The number of halogens is 1. The fourth-order valence-electron chi connectivity index (χ4n) is 3.98. The summed E-state index contributed by atoms with van der Waals surface area (Å²) in [6.07, 6.45) is 0. The highest BCUT2D eigenvalue weighted by Crippen LogP contribution is 2.30. The lowest BCUT2D eigenvalue weighted by Gasteiger charge is -2.25. The second-order valence-electron chi connectivity index (χ2n) is 7.82. The SMILES string of the molecule is CC(c1ccc(-c2ccccc2)c(F)c1)c1cc2[nH]c(=O)c3c(n2n1)NCN(C)C3. The van der Waals surface area contributed by atoms with Crippen molar-refractivity contribution in [3.63, 3.8) is 0 Å². The third kappa shape index (κ3) is 3.07. The van der Waals surface area contributed by atoms with E-state index >= 15 is 0 Å². The molecule has 152 valence electrons. The standard InChI is InChI=1S/C23H22FN5O/c1-14(16-8-9-17(19(24)10-16)15-6-4-3-5-7-15)20-11-21-26-23(30)18-12-28(2)13-25-22(18)29(21)27-20/h3-11,14,25H,12-13H2,1-2H3,(H,26,30). The van der Waals surface area contributed by atoms with Crippen LogP contribution < -0.4 is 10.9 Å². The summed E-state index contributed by atoms with van der Waals surface area (Å²) in [6, 6.07) is 16.7. The van der Waals surface area contributed by atoms with Crippen LogP contribution in [0.3, 0.4) is 0 Å². The van der Waals surface area contributed by atoms with Gasteiger partial charge in [-0.15, -0.1) is 0 Å². The third-order valence-electron chi connectivity index (χ3n) is 5.71. The highest BCUT2D eigenvalue weighted by atomic mass is 19.1. The molecule has 4 aromatic rings. The number of aromatic nitrogens is 3. The van der Waals surface area contributed by atoms with Gasteiger partial charge < -0.3 is 10.3 Å². The van der Waals surface area contributed by atoms with Crippen molar-refractivity contribution in [3.8, 4) is 11.1 Å². The van der Waals surface area contributed by atoms with Gasteiger partial charge in [0.15, 0.2) is 0 Å². The van der Waals surface area contributed by atoms with Crippen LogP contribution in [0.1, 0.15) is 29.7 Å². The van der Waals surface area contributed by atoms with Crippen LogP contribution in [0.4, 0.5) is 10.2 Å². The van der Waals surface area contributed by atoms with Crippen molar-refractivity contribution < 1.29 is 4.39 Å². The molecule has 0 saturated carbocycles. The largest absolute Gasteiger partial charge is 0.357 e. The maximum Gasteiger partial charge on any atom is 0.257 e. The zero-order chi connectivity index (χ0) is 20.8. The molecule has 1 unspecified atom stereocenters. The third-order valence-corrected chi connectivity index (χ3v) is 5.71. The van der Waals surface area contributed by atoms with Gasteiger partial charge in [-0.25, -0.2) is 8.91 Å². The number of benzene rings is 2. The molecule has 0 fully saturated rings. The lowest BCUT2D eigenvalue weighted by molar-refractivity contribution is 0.335. The molecule has 5 rings (SSSR count). The van der Waals surface area contributed by atoms with Gasteiger partial charge in [0.2, 0.25) is 0 Å². The molecule has 7 heteroatoms. The van der Waals surface area contributed by atoms with Crippen LogP contribution in [0.5, 0.6) is 0 Å². The van der Waals surface area contributed by atoms with Crippen molar-refractivity contribution in [2.24, 2.45) is 0 Å². The molecular formula is C23H22FN5O. The summed E-state index contributed by atoms with van der Waals surface area (Å²) < 4.78 is 16.6. The maximum atomic E-state index is 14.8. The van der Waals surface area contributed by atoms with Gasteiger partial charge in [0, 0.05) is 24.1 Å². The Morgan fingerprint density at radius 2 is 1.93 bits per heavy atom. The first-order valence-electron chi connectivity index (χ1n) is 9.93. The van der Waals surface area contributed by atoms with Gasteiger partial charge in [0.1, 0.15) is 17.3 Å². The van der Waals surface area contributed by atoms with E-state index in [4.69, 9.17) is 5.10 Å². The Morgan fingerprint density at radius 3 is 2.70 bits per heavy atom. The molecule has 0 spiro atoms. The number of hydrogen-bond acceptors (Lipinski definition) is 4. The van der Waals surface area contributed by atoms with Crippen molar-refractivity contribution in [2.45, 2.75) is 19.4 Å². The summed E-state index contributed by atoms with van der Waals surface area (Å²) >= 11 is 0. The second-order valence-corrected chi connectivity index (χ2v) is 7.82. The highest BCUT2D eigenvalue weighted by Gasteiger charge is 2.22. The molecular weight excluding hydrogens is 381 g/mol. The average molecular weight is 403 g/mol. The normalized spacial score (nSPS) is 15.0. The lowest BCUT2D eigenvalue weighted by Crippen LogP contribution is -2.36. The Hall–Kier alpha value is -3.45. The molecule has 0 amide bonds. The smallest absolute Gasteiger partial charge is 0.257 e. The fourth-order valence-corrected chi connectivity index (χ4v) is 3.98. The summed E-state index contributed by atoms with van der Waals surface area (Å²) in [5, 5.41) is 7.99. The maximum absolute atomic E-state index is 14.8. The molecule has 3 heterocycles. The molecule has 1 aliphatic heterocycles. The van der Waals surface area contributed by atoms with E-state index in [1.807, 2.05) is 67.4 Å². The van der Waals surface area contributed by atoms with E-state index in [0.29, 0.717) is 30.0 Å². The van der Waals surface area contributed by atoms with Crippen molar-refractivity contribution >= 4 is 11.5 Å². The molecule has 0 bridgehead atoms. The van der Waals surface area contributed by atoms with E-state index in [1.54, 1.807) is 10.6 Å². The Morgan fingerprint density at radius 1 is 1.13 bits per heavy atom. The first kappa shape index (κ1) is 18.6. The quantitative estimate of drug-likeness (QED) is 0.546. The van der Waals surface area contributed by atoms with Crippen molar-refractivity contribution in [3.05, 3.63) is 87.6 Å². The molecule has 2 aromatic carbocycles. The van der Waals surface area contributed by atoms with E-state index in [1.165, 1.54) is 0 Å². The summed E-state index contributed by atoms with van der Waals surface area (Å²) in [6.45, 7) is 3.19. The first-order chi connectivity index (χ1) is 14.5. The molecule has 1 atom stereocenters. The van der Waals surface area contributed by atoms with Crippen molar-refractivity contribution in [1.29, 1.82) is 0 Å². The number of nitrogens with zero attached hydrogens (tertiary/aromatic N) is 3. The first-order valence-corrected chi connectivity index (χ1v) is 9.93. The number of nitrogens with one attached hydrogen (secondary N) is 2. The Kier molecular flexibility index (Phi) is 4.40. The van der Waals surface area contributed by atoms with Crippen LogP contribution in [0.25, 0.3) is 16.8 Å². The Balaban J connectivity index is 1.53. The average Bonchev–Trinajstić information content (AvgIpc) is 3.18. The van der Waals surface area contributed by atoms with Gasteiger partial charge in [-0.3, -0.25) is 9.69 Å². The Labute approximate surface area is 173 Å². The molecule has 0 radical (unpaired) electrons. The predicted molar refractivity (Wildman–Crippen MR) is 115 cm³/mol. The van der Waals surface area contributed by atoms with Crippen LogP contribution in [-0.4, -0.2) is 33.2 Å². The van der Waals surface area contributed by atoms with Gasteiger partial charge in [-0.2, -0.15) is 5.10 Å². The molecule has 2 aromatic heterocycles. The minimum Gasteiger partial charge on any atom is -0.357 e. The summed E-state index contributed by atoms with van der Waals surface area (Å²) in [7, 11) is 1.95. The van der Waals surface area contributed by atoms with Gasteiger partial charge in [-0.1, -0.05) is 49.4 Å². The molecule has 6 nitrogen and oxygen atoms in total. The van der Waals surface area contributed by atoms with Crippen LogP contribution in [0, 0.1) is 5.82 Å². The van der Waals surface area contributed by atoms with Crippen molar-refractivity contribution in [2.75, 3.05) is 19.0 Å². The van der Waals surface area contributed by atoms with E-state index in [2.05, 4.69) is 10.3 Å². The molecule has 1 aliphatic rings. The van der Waals surface area contributed by atoms with Crippen LogP contribution in [0.2, 0.25) is 0 Å². The minimum atomic E-state index is -0.259. The van der Waals surface area contributed by atoms with Gasteiger partial charge >= 0.3 is 0 Å². The van der Waals surface area contributed by atoms with E-state index in [-0.39, 0.29) is 17.3 Å². The van der Waals surface area contributed by atoms with Crippen LogP contribution in [-0.2, 0) is 6.54 Å². The number of hydrogen-bond donors (Lipinski definition) is 2. The topological polar surface area (TPSA) is 65.4 Å². The predicted octanol–water partition coefficient (Wildman–Crippen LogP) is 3.80. The van der Waals surface area contributed by atoms with Crippen LogP contribution >= 0.6 is 0 Å². The zero-order valence-electron chi connectivity index (χ0n) is 16.8. The van der Waals surface area contributed by atoms with Gasteiger partial charge in [-0.05, 0) is 24.2 Å². The zero-order valence-corrected chi connectivity index (χ0v) is 16.8. The summed E-state index contributed by atoms with van der Waals surface area (Å²) in [4.78, 5) is 17.4. The van der Waals surface area contributed by atoms with Gasteiger partial charge in [0.05, 0.1) is 17.9 Å². The van der Waals surface area contributed by atoms with Crippen molar-refractivity contribution in [1.82, 2.24) is 19.5 Å². The monoisotopic (exact) mass is 403 g/mol. The minimum absolute atomic E-state index is 0.117. The fraction of sp³-hybridized carbons (Fsp3) is 0.217. The van der Waals surface area contributed by atoms with Gasteiger partial charge in [0.25, 0.3) is 5.56 Å². The Bertz CT molecular complexity index is 1290. The molecule has 30 heavy (non-hydrogen) atoms. The van der Waals surface area contributed by atoms with Crippen LogP contribution in [0.15, 0.2) is 59.4 Å². The van der Waals surface area contributed by atoms with E-state index < -0.39 is 0 Å². The number of fused-ring (bicyclic) bond motifs is 3. The number of aromatic amines is 1. The number of H-pyrrole nitrogens is 1. The summed E-state index contributed by atoms with van der Waals surface area (Å²) in [5.74, 6) is 0.329. The number of anilines is 1. The molecule has 0 aliphatic carbocycles. The second kappa shape index (κ2) is 7.11. The van der Waals surface area contributed by atoms with E-state index in [9.17, 15) is 9.18 Å². The molecule has 0 saturated heterocycles. The molecule has 2 N–H and O–H groups in total. The highest BCUT2D eigenvalue weighted by molar-refractivity contribution is 5.64. The number of rotatable bonds is 3. The summed E-state index contributed by atoms with van der Waals surface area (Å²) in [5.41, 5.74) is 4.20. The lowest BCUT2D eigenvalue weighted by atomic mass is 9.95.